The van der Waals surface area contributed by atoms with Gasteiger partial charge in [0.15, 0.2) is 0 Å². The average molecular weight is 441 g/mol. The first-order chi connectivity index (χ1) is 13.4. The third-order valence-corrected chi connectivity index (χ3v) is 7.47. The van der Waals surface area contributed by atoms with Gasteiger partial charge in [-0.15, -0.1) is 11.8 Å². The summed E-state index contributed by atoms with van der Waals surface area (Å²) in [6.45, 7) is 1.33. The van der Waals surface area contributed by atoms with E-state index in [4.69, 9.17) is 22.1 Å². The molecule has 2 N–H and O–H groups in total. The summed E-state index contributed by atoms with van der Waals surface area (Å²) in [6.07, 6.45) is 1.68. The molecule has 150 valence electrons. The van der Waals surface area contributed by atoms with Gasteiger partial charge in [-0.3, -0.25) is 4.79 Å². The fourth-order valence-corrected chi connectivity index (χ4v) is 5.31. The Kier molecular flexibility index (Phi) is 6.87. The van der Waals surface area contributed by atoms with Crippen LogP contribution in [0.15, 0.2) is 52.3 Å². The molecule has 1 heterocycles. The van der Waals surface area contributed by atoms with E-state index in [1.54, 1.807) is 11.8 Å². The van der Waals surface area contributed by atoms with Gasteiger partial charge in [0.05, 0.1) is 17.1 Å². The number of halogens is 1. The minimum absolute atomic E-state index is 0.0612. The van der Waals surface area contributed by atoms with Crippen LogP contribution < -0.4 is 10.5 Å². The molecule has 0 spiro atoms. The van der Waals surface area contributed by atoms with Crippen LogP contribution in [0.1, 0.15) is 23.2 Å². The third kappa shape index (κ3) is 5.00. The van der Waals surface area contributed by atoms with Crippen molar-refractivity contribution in [2.24, 2.45) is 5.73 Å². The average Bonchev–Trinajstić information content (AvgIpc) is 3.22. The molecule has 0 bridgehead atoms. The van der Waals surface area contributed by atoms with Gasteiger partial charge in [0.1, 0.15) is 5.75 Å². The van der Waals surface area contributed by atoms with Crippen molar-refractivity contribution in [1.82, 2.24) is 4.31 Å². The molecule has 1 aliphatic rings. The van der Waals surface area contributed by atoms with Gasteiger partial charge in [0.2, 0.25) is 10.0 Å². The van der Waals surface area contributed by atoms with Crippen LogP contribution in [0, 0.1) is 0 Å². The number of nitrogens with two attached hydrogens (primary N) is 1. The van der Waals surface area contributed by atoms with Gasteiger partial charge in [-0.2, -0.15) is 4.31 Å². The van der Waals surface area contributed by atoms with Crippen molar-refractivity contribution in [3.63, 3.8) is 0 Å². The maximum Gasteiger partial charge on any atom is 0.252 e. The number of carbonyl (C=O) groups is 1. The molecule has 6 nitrogen and oxygen atoms in total. The largest absolute Gasteiger partial charge is 0.492 e. The number of carbonyl (C=O) groups excluding carboxylic acids is 1. The maximum absolute atomic E-state index is 12.7. The highest BCUT2D eigenvalue weighted by atomic mass is 35.5. The zero-order chi connectivity index (χ0) is 20.1. The summed E-state index contributed by atoms with van der Waals surface area (Å²) in [5.74, 6) is 0.205. The fourth-order valence-electron chi connectivity index (χ4n) is 2.91. The first-order valence-electron chi connectivity index (χ1n) is 8.83. The van der Waals surface area contributed by atoms with Gasteiger partial charge in [-0.1, -0.05) is 11.6 Å². The summed E-state index contributed by atoms with van der Waals surface area (Å²) in [6, 6.07) is 11.7. The lowest BCUT2D eigenvalue weighted by Crippen LogP contribution is -2.28. The van der Waals surface area contributed by atoms with Gasteiger partial charge in [0.25, 0.3) is 5.91 Å². The zero-order valence-electron chi connectivity index (χ0n) is 15.1. The van der Waals surface area contributed by atoms with E-state index in [1.807, 2.05) is 24.3 Å². The van der Waals surface area contributed by atoms with Crippen molar-refractivity contribution in [2.75, 3.05) is 25.4 Å². The predicted molar refractivity (Wildman–Crippen MR) is 111 cm³/mol. The van der Waals surface area contributed by atoms with Crippen LogP contribution >= 0.6 is 23.4 Å². The Bertz CT molecular complexity index is 943. The van der Waals surface area contributed by atoms with E-state index in [1.165, 1.54) is 22.5 Å². The molecular weight excluding hydrogens is 420 g/mol. The van der Waals surface area contributed by atoms with Gasteiger partial charge in [-0.05, 0) is 55.3 Å². The minimum atomic E-state index is -3.62. The Morgan fingerprint density at radius 2 is 1.82 bits per heavy atom. The highest BCUT2D eigenvalue weighted by molar-refractivity contribution is 7.99. The van der Waals surface area contributed by atoms with Crippen LogP contribution in [0.2, 0.25) is 5.02 Å². The standard InChI is InChI=1S/C19H21ClN2O4S2/c20-14-3-5-15(6-4-14)27-12-11-26-18-8-7-16(13-17(18)19(21)23)28(24,25)22-9-1-2-10-22/h3-8,13H,1-2,9-12H2,(H2,21,23). The summed E-state index contributed by atoms with van der Waals surface area (Å²) in [4.78, 5) is 12.9. The molecule has 0 aliphatic carbocycles. The molecule has 0 saturated carbocycles. The van der Waals surface area contributed by atoms with Crippen LogP contribution in [-0.2, 0) is 10.0 Å². The number of ether oxygens (including phenoxy) is 1. The Labute approximate surface area is 174 Å². The second kappa shape index (κ2) is 9.17. The van der Waals surface area contributed by atoms with E-state index in [-0.39, 0.29) is 16.2 Å². The van der Waals surface area contributed by atoms with Gasteiger partial charge in [-0.25, -0.2) is 8.42 Å². The van der Waals surface area contributed by atoms with Crippen LogP contribution in [0.4, 0.5) is 0 Å². The Hall–Kier alpha value is -1.74. The van der Waals surface area contributed by atoms with E-state index in [0.29, 0.717) is 30.5 Å². The van der Waals surface area contributed by atoms with Crippen LogP contribution in [0.3, 0.4) is 0 Å². The molecule has 1 aliphatic heterocycles. The van der Waals surface area contributed by atoms with Crippen LogP contribution in [-0.4, -0.2) is 44.1 Å². The topological polar surface area (TPSA) is 89.7 Å². The summed E-state index contributed by atoms with van der Waals surface area (Å²) in [5.41, 5.74) is 5.51. The minimum Gasteiger partial charge on any atom is -0.492 e. The smallest absolute Gasteiger partial charge is 0.252 e. The summed E-state index contributed by atoms with van der Waals surface area (Å²) >= 11 is 7.45. The number of rotatable bonds is 8. The number of hydrogen-bond acceptors (Lipinski definition) is 5. The van der Waals surface area contributed by atoms with Gasteiger partial charge < -0.3 is 10.5 Å². The highest BCUT2D eigenvalue weighted by Crippen LogP contribution is 2.27. The van der Waals surface area contributed by atoms with E-state index in [2.05, 4.69) is 0 Å². The lowest BCUT2D eigenvalue weighted by molar-refractivity contribution is 0.0996. The Morgan fingerprint density at radius 1 is 1.14 bits per heavy atom. The molecule has 0 unspecified atom stereocenters. The van der Waals surface area contributed by atoms with Crippen molar-refractivity contribution in [2.45, 2.75) is 22.6 Å². The fraction of sp³-hybridized carbons (Fsp3) is 0.316. The van der Waals surface area contributed by atoms with Crippen molar-refractivity contribution in [3.8, 4) is 5.75 Å². The van der Waals surface area contributed by atoms with Crippen LogP contribution in [0.5, 0.6) is 5.75 Å². The van der Waals surface area contributed by atoms with Crippen molar-refractivity contribution in [1.29, 1.82) is 0 Å². The number of primary amides is 1. The first kappa shape index (κ1) is 21.0. The number of amides is 1. The summed E-state index contributed by atoms with van der Waals surface area (Å²) in [5, 5.41) is 0.677. The molecule has 2 aromatic carbocycles. The predicted octanol–water partition coefficient (Wildman–Crippen LogP) is 3.39. The molecule has 0 atom stereocenters. The number of hydrogen-bond donors (Lipinski definition) is 1. The molecule has 0 radical (unpaired) electrons. The molecular formula is C19H21ClN2O4S2. The van der Waals surface area contributed by atoms with Crippen molar-refractivity contribution < 1.29 is 17.9 Å². The number of thioether (sulfide) groups is 1. The molecule has 28 heavy (non-hydrogen) atoms. The Balaban J connectivity index is 1.67. The number of sulfonamides is 1. The SMILES string of the molecule is NC(=O)c1cc(S(=O)(=O)N2CCCC2)ccc1OCCSc1ccc(Cl)cc1. The van der Waals surface area contributed by atoms with E-state index >= 15 is 0 Å². The monoisotopic (exact) mass is 440 g/mol. The maximum atomic E-state index is 12.7. The molecule has 2 aromatic rings. The van der Waals surface area contributed by atoms with E-state index in [9.17, 15) is 13.2 Å². The quantitative estimate of drug-likeness (QED) is 0.502. The van der Waals surface area contributed by atoms with Gasteiger partial charge in [0, 0.05) is 28.8 Å². The number of nitrogens with zero attached hydrogens (tertiary/aromatic N) is 1. The first-order valence-corrected chi connectivity index (χ1v) is 11.6. The number of benzene rings is 2. The van der Waals surface area contributed by atoms with Gasteiger partial charge >= 0.3 is 0 Å². The molecule has 9 heteroatoms. The summed E-state index contributed by atoms with van der Waals surface area (Å²) in [7, 11) is -3.62. The lowest BCUT2D eigenvalue weighted by Gasteiger charge is -2.17. The van der Waals surface area contributed by atoms with Crippen molar-refractivity contribution in [3.05, 3.63) is 53.1 Å². The highest BCUT2D eigenvalue weighted by Gasteiger charge is 2.28. The zero-order valence-corrected chi connectivity index (χ0v) is 17.5. The lowest BCUT2D eigenvalue weighted by atomic mass is 10.2. The molecule has 1 saturated heterocycles. The molecule has 1 amide bonds. The second-order valence-corrected chi connectivity index (χ2v) is 9.83. The Morgan fingerprint density at radius 3 is 2.46 bits per heavy atom. The van der Waals surface area contributed by atoms with Crippen molar-refractivity contribution >= 4 is 39.3 Å². The van der Waals surface area contributed by atoms with E-state index < -0.39 is 15.9 Å². The second-order valence-electron chi connectivity index (χ2n) is 6.28. The molecule has 3 rings (SSSR count). The normalized spacial score (nSPS) is 14.9. The van der Waals surface area contributed by atoms with Crippen LogP contribution in [0.25, 0.3) is 0 Å². The molecule has 0 aromatic heterocycles. The third-order valence-electron chi connectivity index (χ3n) is 4.34. The van der Waals surface area contributed by atoms with E-state index in [0.717, 1.165) is 17.7 Å². The molecule has 1 fully saturated rings. The summed E-state index contributed by atoms with van der Waals surface area (Å²) < 4.78 is 32.5.